The Hall–Kier alpha value is -4.21. The molecular formula is C27H26N6O2S. The van der Waals surface area contributed by atoms with Gasteiger partial charge in [0.2, 0.25) is 0 Å². The fourth-order valence-corrected chi connectivity index (χ4v) is 3.82. The number of para-hydroxylation sites is 2. The molecule has 0 saturated heterocycles. The number of nitrogens with one attached hydrogen (secondary N) is 1. The van der Waals surface area contributed by atoms with Crippen molar-refractivity contribution >= 4 is 35.2 Å². The number of nitrogens with zero attached hydrogens (tertiary/aromatic N) is 3. The molecule has 1 heterocycles. The van der Waals surface area contributed by atoms with Crippen molar-refractivity contribution in [3.63, 3.8) is 0 Å². The Bertz CT molecular complexity index is 1330. The number of thioether (sulfide) groups is 1. The van der Waals surface area contributed by atoms with Crippen LogP contribution in [-0.4, -0.2) is 28.4 Å². The molecule has 0 radical (unpaired) electrons. The number of guanidine groups is 1. The average Bonchev–Trinajstić information content (AvgIpc) is 2.90. The van der Waals surface area contributed by atoms with Crippen LogP contribution in [0.15, 0.2) is 101 Å². The molecule has 1 aromatic heterocycles. The molecule has 1 unspecified atom stereocenters. The molecule has 1 atom stereocenters. The minimum absolute atomic E-state index is 0.0277. The Morgan fingerprint density at radius 3 is 2.39 bits per heavy atom. The smallest absolute Gasteiger partial charge is 0.313 e. The third-order valence-electron chi connectivity index (χ3n) is 5.26. The molecular weight excluding hydrogens is 472 g/mol. The summed E-state index contributed by atoms with van der Waals surface area (Å²) in [6, 6.07) is 27.5. The predicted molar refractivity (Wildman–Crippen MR) is 144 cm³/mol. The second-order valence-electron chi connectivity index (χ2n) is 7.82. The molecule has 0 amide bonds. The molecule has 0 spiro atoms. The molecule has 4 rings (SSSR count). The van der Waals surface area contributed by atoms with Crippen LogP contribution in [0.1, 0.15) is 18.0 Å². The predicted octanol–water partition coefficient (Wildman–Crippen LogP) is 4.92. The number of hydrogen-bond donors (Lipinski definition) is 3. The highest BCUT2D eigenvalue weighted by Gasteiger charge is 2.16. The van der Waals surface area contributed by atoms with Crippen molar-refractivity contribution in [1.29, 1.82) is 0 Å². The number of anilines is 1. The standard InChI is InChI=1S/C27H26N6O2S/c1-36-20-13-11-18(12-14-20)21(28)17-26(34)35-24-10-6-5-9-23(24)30-27(29)31-25-16-15-22(32-33-25)19-7-3-2-4-8-19/h2-16,21H,17,28H2,1H3,(H3,29,30,31,33). The van der Waals surface area contributed by atoms with Gasteiger partial charge in [-0.05, 0) is 48.2 Å². The maximum absolute atomic E-state index is 12.6. The molecule has 0 aliphatic heterocycles. The normalized spacial score (nSPS) is 12.1. The summed E-state index contributed by atoms with van der Waals surface area (Å²) in [6.07, 6.45) is 2.03. The minimum Gasteiger partial charge on any atom is -0.424 e. The number of esters is 1. The largest absolute Gasteiger partial charge is 0.424 e. The van der Waals surface area contributed by atoms with Crippen molar-refractivity contribution in [2.45, 2.75) is 17.4 Å². The third kappa shape index (κ3) is 6.68. The van der Waals surface area contributed by atoms with Crippen LogP contribution in [0.5, 0.6) is 5.75 Å². The number of aromatic nitrogens is 2. The van der Waals surface area contributed by atoms with Crippen LogP contribution >= 0.6 is 11.8 Å². The van der Waals surface area contributed by atoms with Gasteiger partial charge in [-0.1, -0.05) is 54.6 Å². The van der Waals surface area contributed by atoms with E-state index < -0.39 is 12.0 Å². The van der Waals surface area contributed by atoms with E-state index in [-0.39, 0.29) is 12.4 Å². The summed E-state index contributed by atoms with van der Waals surface area (Å²) >= 11 is 1.64. The highest BCUT2D eigenvalue weighted by molar-refractivity contribution is 7.98. The monoisotopic (exact) mass is 498 g/mol. The highest BCUT2D eigenvalue weighted by Crippen LogP contribution is 2.26. The first kappa shape index (κ1) is 24.9. The van der Waals surface area contributed by atoms with Gasteiger partial charge in [-0.15, -0.1) is 22.0 Å². The van der Waals surface area contributed by atoms with E-state index >= 15 is 0 Å². The van der Waals surface area contributed by atoms with Crippen molar-refractivity contribution in [2.24, 2.45) is 16.5 Å². The summed E-state index contributed by atoms with van der Waals surface area (Å²) in [4.78, 5) is 18.0. The number of hydrogen-bond acceptors (Lipinski definition) is 7. The molecule has 5 N–H and O–H groups in total. The fourth-order valence-electron chi connectivity index (χ4n) is 3.41. The zero-order valence-electron chi connectivity index (χ0n) is 19.7. The van der Waals surface area contributed by atoms with Gasteiger partial charge in [0, 0.05) is 16.5 Å². The van der Waals surface area contributed by atoms with Gasteiger partial charge in [-0.25, -0.2) is 0 Å². The number of carbonyl (C=O) groups excluding carboxylic acids is 1. The lowest BCUT2D eigenvalue weighted by Crippen LogP contribution is -2.23. The molecule has 9 heteroatoms. The van der Waals surface area contributed by atoms with Crippen LogP contribution in [0, 0.1) is 0 Å². The molecule has 8 nitrogen and oxygen atoms in total. The van der Waals surface area contributed by atoms with E-state index in [9.17, 15) is 4.79 Å². The fraction of sp³-hybridized carbons (Fsp3) is 0.111. The molecule has 0 bridgehead atoms. The first-order valence-corrected chi connectivity index (χ1v) is 12.4. The lowest BCUT2D eigenvalue weighted by Gasteiger charge is -2.14. The maximum Gasteiger partial charge on any atom is 0.313 e. The van der Waals surface area contributed by atoms with Crippen LogP contribution < -0.4 is 21.5 Å². The Labute approximate surface area is 213 Å². The third-order valence-corrected chi connectivity index (χ3v) is 6.00. The van der Waals surface area contributed by atoms with Gasteiger partial charge in [0.1, 0.15) is 0 Å². The van der Waals surface area contributed by atoms with E-state index in [1.54, 1.807) is 42.1 Å². The minimum atomic E-state index is -0.474. The Kier molecular flexibility index (Phi) is 8.28. The summed E-state index contributed by atoms with van der Waals surface area (Å²) in [6.45, 7) is 0. The van der Waals surface area contributed by atoms with E-state index in [2.05, 4.69) is 20.5 Å². The molecule has 0 aliphatic rings. The number of carbonyl (C=O) groups is 1. The zero-order valence-corrected chi connectivity index (χ0v) is 20.5. The topological polar surface area (TPSA) is 129 Å². The summed E-state index contributed by atoms with van der Waals surface area (Å²) in [5, 5.41) is 11.3. The summed E-state index contributed by atoms with van der Waals surface area (Å²) < 4.78 is 5.57. The van der Waals surface area contributed by atoms with Crippen molar-refractivity contribution < 1.29 is 9.53 Å². The van der Waals surface area contributed by atoms with Crippen LogP contribution in [0.4, 0.5) is 11.5 Å². The molecule has 36 heavy (non-hydrogen) atoms. The first-order chi connectivity index (χ1) is 17.5. The van der Waals surface area contributed by atoms with E-state index in [0.29, 0.717) is 17.3 Å². The van der Waals surface area contributed by atoms with Gasteiger partial charge in [-0.2, -0.15) is 4.99 Å². The number of benzene rings is 3. The van der Waals surface area contributed by atoms with Gasteiger partial charge in [0.25, 0.3) is 0 Å². The van der Waals surface area contributed by atoms with E-state index in [4.69, 9.17) is 16.2 Å². The Balaban J connectivity index is 1.39. The van der Waals surface area contributed by atoms with Gasteiger partial charge in [-0.3, -0.25) is 4.79 Å². The highest BCUT2D eigenvalue weighted by atomic mass is 32.2. The average molecular weight is 499 g/mol. The second kappa shape index (κ2) is 12.0. The van der Waals surface area contributed by atoms with E-state index in [0.717, 1.165) is 21.7 Å². The van der Waals surface area contributed by atoms with Crippen LogP contribution in [-0.2, 0) is 4.79 Å². The lowest BCUT2D eigenvalue weighted by atomic mass is 10.1. The van der Waals surface area contributed by atoms with Crippen LogP contribution in [0.25, 0.3) is 11.3 Å². The van der Waals surface area contributed by atoms with Gasteiger partial charge in [0.15, 0.2) is 17.5 Å². The van der Waals surface area contributed by atoms with Crippen molar-refractivity contribution in [1.82, 2.24) is 10.2 Å². The Morgan fingerprint density at radius 2 is 1.69 bits per heavy atom. The number of rotatable bonds is 8. The van der Waals surface area contributed by atoms with Crippen LogP contribution in [0.2, 0.25) is 0 Å². The number of ether oxygens (including phenoxy) is 1. The summed E-state index contributed by atoms with van der Waals surface area (Å²) in [5.74, 6) is 0.276. The van der Waals surface area contributed by atoms with Crippen molar-refractivity contribution in [3.8, 4) is 17.0 Å². The summed E-state index contributed by atoms with van der Waals surface area (Å²) in [7, 11) is 0. The maximum atomic E-state index is 12.6. The lowest BCUT2D eigenvalue weighted by molar-refractivity contribution is -0.134. The SMILES string of the molecule is CSc1ccc(C(N)CC(=O)Oc2ccccc2NC(N)=Nc2ccc(-c3ccccc3)nn2)cc1. The molecule has 182 valence electrons. The quantitative estimate of drug-likeness (QED) is 0.103. The van der Waals surface area contributed by atoms with Gasteiger partial charge >= 0.3 is 5.97 Å². The van der Waals surface area contributed by atoms with Crippen molar-refractivity contribution in [3.05, 3.63) is 96.6 Å². The van der Waals surface area contributed by atoms with E-state index in [1.165, 1.54) is 0 Å². The zero-order chi connectivity index (χ0) is 25.3. The summed E-state index contributed by atoms with van der Waals surface area (Å²) in [5.41, 5.74) is 15.3. The first-order valence-electron chi connectivity index (χ1n) is 11.2. The van der Waals surface area contributed by atoms with Gasteiger partial charge < -0.3 is 21.5 Å². The molecule has 0 aliphatic carbocycles. The van der Waals surface area contributed by atoms with Crippen molar-refractivity contribution in [2.75, 3.05) is 11.6 Å². The molecule has 4 aromatic rings. The van der Waals surface area contributed by atoms with E-state index in [1.807, 2.05) is 66.9 Å². The number of nitrogens with two attached hydrogens (primary N) is 2. The Morgan fingerprint density at radius 1 is 0.972 bits per heavy atom. The second-order valence-corrected chi connectivity index (χ2v) is 8.70. The van der Waals surface area contributed by atoms with Gasteiger partial charge in [0.05, 0.1) is 17.8 Å². The molecule has 3 aromatic carbocycles. The number of aliphatic imine (C=N–C) groups is 1. The van der Waals surface area contributed by atoms with Crippen LogP contribution in [0.3, 0.4) is 0 Å². The molecule has 0 saturated carbocycles. The molecule has 0 fully saturated rings.